The molecule has 0 N–H and O–H groups in total. The maximum atomic E-state index is 12.4. The van der Waals surface area contributed by atoms with Crippen molar-refractivity contribution in [2.24, 2.45) is 0 Å². The van der Waals surface area contributed by atoms with Crippen LogP contribution in [0.3, 0.4) is 0 Å². The lowest BCUT2D eigenvalue weighted by Gasteiger charge is -2.03. The highest BCUT2D eigenvalue weighted by atomic mass is 16.1. The monoisotopic (exact) mass is 261 g/mol. The molecule has 2 aromatic carbocycles. The zero-order valence-corrected chi connectivity index (χ0v) is 11.6. The number of hydrogen-bond acceptors (Lipinski definition) is 2. The zero-order valence-electron chi connectivity index (χ0n) is 11.6. The van der Waals surface area contributed by atoms with Crippen molar-refractivity contribution in [2.45, 2.75) is 13.8 Å². The van der Waals surface area contributed by atoms with Crippen LogP contribution >= 0.6 is 0 Å². The molecule has 0 saturated carbocycles. The molecule has 0 bridgehead atoms. The number of benzene rings is 2. The molecule has 2 nitrogen and oxygen atoms in total. The molecule has 0 aliphatic heterocycles. The molecule has 0 heterocycles. The Kier molecular flexibility index (Phi) is 4.12. The van der Waals surface area contributed by atoms with Gasteiger partial charge in [-0.25, -0.2) is 0 Å². The molecule has 2 rings (SSSR count). The van der Waals surface area contributed by atoms with Crippen molar-refractivity contribution in [3.8, 4) is 6.07 Å². The lowest BCUT2D eigenvalue weighted by molar-refractivity contribution is 0.103. The van der Waals surface area contributed by atoms with Gasteiger partial charge in [0.1, 0.15) is 11.6 Å². The van der Waals surface area contributed by atoms with Crippen LogP contribution in [0.2, 0.25) is 0 Å². The third kappa shape index (κ3) is 3.02. The molecule has 0 spiro atoms. The Balaban J connectivity index is 2.38. The first-order chi connectivity index (χ1) is 9.61. The first-order valence-corrected chi connectivity index (χ1v) is 6.40. The van der Waals surface area contributed by atoms with E-state index in [1.807, 2.05) is 56.3 Å². The van der Waals surface area contributed by atoms with E-state index in [2.05, 4.69) is 0 Å². The largest absolute Gasteiger partial charge is 0.288 e. The van der Waals surface area contributed by atoms with Gasteiger partial charge in [-0.3, -0.25) is 4.79 Å². The highest BCUT2D eigenvalue weighted by Crippen LogP contribution is 2.16. The minimum Gasteiger partial charge on any atom is -0.288 e. The summed E-state index contributed by atoms with van der Waals surface area (Å²) in [7, 11) is 0. The van der Waals surface area contributed by atoms with Crippen molar-refractivity contribution in [1.29, 1.82) is 5.26 Å². The number of aryl methyl sites for hydroxylation is 2. The van der Waals surface area contributed by atoms with Gasteiger partial charge in [0.05, 0.1) is 0 Å². The summed E-state index contributed by atoms with van der Waals surface area (Å²) in [6, 6.07) is 17.0. The Morgan fingerprint density at radius 2 is 1.70 bits per heavy atom. The predicted octanol–water partition coefficient (Wildman–Crippen LogP) is 4.09. The minimum atomic E-state index is -0.230. The molecule has 0 aliphatic carbocycles. The van der Waals surface area contributed by atoms with Gasteiger partial charge in [-0.15, -0.1) is 0 Å². The number of hydrogen-bond donors (Lipinski definition) is 0. The van der Waals surface area contributed by atoms with Gasteiger partial charge in [0.25, 0.3) is 0 Å². The molecule has 0 aliphatic rings. The lowest BCUT2D eigenvalue weighted by Crippen LogP contribution is -2.04. The molecule has 98 valence electrons. The van der Waals surface area contributed by atoms with Gasteiger partial charge in [0.15, 0.2) is 0 Å². The Morgan fingerprint density at radius 3 is 2.30 bits per heavy atom. The van der Waals surface area contributed by atoms with E-state index in [0.29, 0.717) is 5.56 Å². The second-order valence-electron chi connectivity index (χ2n) is 4.72. The summed E-state index contributed by atoms with van der Waals surface area (Å²) < 4.78 is 0. The van der Waals surface area contributed by atoms with Crippen LogP contribution in [0.5, 0.6) is 0 Å². The maximum absolute atomic E-state index is 12.4. The molecule has 0 amide bonds. The first-order valence-electron chi connectivity index (χ1n) is 6.40. The fraction of sp³-hybridized carbons (Fsp3) is 0.111. The molecule has 0 radical (unpaired) electrons. The number of nitriles is 1. The second kappa shape index (κ2) is 5.99. The van der Waals surface area contributed by atoms with Gasteiger partial charge in [-0.2, -0.15) is 5.26 Å². The summed E-state index contributed by atoms with van der Waals surface area (Å²) >= 11 is 0. The summed E-state index contributed by atoms with van der Waals surface area (Å²) in [5, 5.41) is 9.23. The quantitative estimate of drug-likeness (QED) is 0.474. The molecule has 0 unspecified atom stereocenters. The van der Waals surface area contributed by atoms with Crippen LogP contribution in [0, 0.1) is 25.2 Å². The minimum absolute atomic E-state index is 0.156. The van der Waals surface area contributed by atoms with Crippen molar-refractivity contribution in [3.05, 3.63) is 76.4 Å². The number of rotatable bonds is 3. The van der Waals surface area contributed by atoms with E-state index in [-0.39, 0.29) is 11.4 Å². The van der Waals surface area contributed by atoms with Crippen LogP contribution in [-0.2, 0) is 0 Å². The molecule has 0 saturated heterocycles. The van der Waals surface area contributed by atoms with Gasteiger partial charge < -0.3 is 0 Å². The lowest BCUT2D eigenvalue weighted by atomic mass is 9.98. The van der Waals surface area contributed by atoms with E-state index >= 15 is 0 Å². The van der Waals surface area contributed by atoms with Gasteiger partial charge in [0, 0.05) is 5.56 Å². The van der Waals surface area contributed by atoms with E-state index in [4.69, 9.17) is 0 Å². The van der Waals surface area contributed by atoms with Crippen molar-refractivity contribution >= 4 is 11.9 Å². The zero-order chi connectivity index (χ0) is 14.5. The van der Waals surface area contributed by atoms with Crippen molar-refractivity contribution < 1.29 is 4.79 Å². The van der Waals surface area contributed by atoms with Gasteiger partial charge in [-0.1, -0.05) is 54.1 Å². The standard InChI is InChI=1S/C18H15NO/c1-13-7-9-15(10-8-13)11-16(12-19)18(20)17-6-4-3-5-14(17)2/h3-11H,1-2H3/b16-11+. The highest BCUT2D eigenvalue weighted by Gasteiger charge is 2.13. The van der Waals surface area contributed by atoms with E-state index in [0.717, 1.165) is 16.7 Å². The topological polar surface area (TPSA) is 40.9 Å². The molecular formula is C18H15NO. The van der Waals surface area contributed by atoms with E-state index in [1.165, 1.54) is 0 Å². The average molecular weight is 261 g/mol. The second-order valence-corrected chi connectivity index (χ2v) is 4.72. The van der Waals surface area contributed by atoms with Gasteiger partial charge >= 0.3 is 0 Å². The predicted molar refractivity (Wildman–Crippen MR) is 80.3 cm³/mol. The first kappa shape index (κ1) is 13.8. The van der Waals surface area contributed by atoms with Crippen LogP contribution in [0.4, 0.5) is 0 Å². The molecule has 2 heteroatoms. The summed E-state index contributed by atoms with van der Waals surface area (Å²) in [6.07, 6.45) is 1.63. The molecular weight excluding hydrogens is 246 g/mol. The average Bonchev–Trinajstić information content (AvgIpc) is 2.46. The van der Waals surface area contributed by atoms with Crippen LogP contribution in [0.15, 0.2) is 54.1 Å². The molecule has 0 fully saturated rings. The fourth-order valence-electron chi connectivity index (χ4n) is 1.95. The molecule has 0 atom stereocenters. The summed E-state index contributed by atoms with van der Waals surface area (Å²) in [5.74, 6) is -0.230. The maximum Gasteiger partial charge on any atom is 0.203 e. The highest BCUT2D eigenvalue weighted by molar-refractivity contribution is 6.14. The van der Waals surface area contributed by atoms with Crippen LogP contribution < -0.4 is 0 Å². The van der Waals surface area contributed by atoms with Crippen LogP contribution in [-0.4, -0.2) is 5.78 Å². The third-order valence-corrected chi connectivity index (χ3v) is 3.14. The number of Topliss-reactive ketones (excluding diaryl/α,β-unsaturated/α-hetero) is 1. The molecule has 20 heavy (non-hydrogen) atoms. The number of carbonyl (C=O) groups excluding carboxylic acids is 1. The normalized spacial score (nSPS) is 10.9. The summed E-state index contributed by atoms with van der Waals surface area (Å²) in [6.45, 7) is 3.87. The van der Waals surface area contributed by atoms with Crippen molar-refractivity contribution in [2.75, 3.05) is 0 Å². The Hall–Kier alpha value is -2.66. The summed E-state index contributed by atoms with van der Waals surface area (Å²) in [4.78, 5) is 12.4. The third-order valence-electron chi connectivity index (χ3n) is 3.14. The SMILES string of the molecule is Cc1ccc(/C=C(\C#N)C(=O)c2ccccc2C)cc1. The fourth-order valence-corrected chi connectivity index (χ4v) is 1.95. The van der Waals surface area contributed by atoms with Crippen LogP contribution in [0.1, 0.15) is 27.0 Å². The summed E-state index contributed by atoms with van der Waals surface area (Å²) in [5.41, 5.74) is 3.61. The number of nitrogens with zero attached hydrogens (tertiary/aromatic N) is 1. The van der Waals surface area contributed by atoms with Crippen LogP contribution in [0.25, 0.3) is 6.08 Å². The van der Waals surface area contributed by atoms with Crippen molar-refractivity contribution in [1.82, 2.24) is 0 Å². The Bertz CT molecular complexity index is 703. The van der Waals surface area contributed by atoms with Crippen molar-refractivity contribution in [3.63, 3.8) is 0 Å². The van der Waals surface area contributed by atoms with E-state index < -0.39 is 0 Å². The van der Waals surface area contributed by atoms with E-state index in [9.17, 15) is 10.1 Å². The van der Waals surface area contributed by atoms with E-state index in [1.54, 1.807) is 18.2 Å². The number of allylic oxidation sites excluding steroid dienone is 1. The number of ketones is 1. The van der Waals surface area contributed by atoms with Gasteiger partial charge in [-0.05, 0) is 31.1 Å². The molecule has 2 aromatic rings. The Morgan fingerprint density at radius 1 is 1.05 bits per heavy atom. The Labute approximate surface area is 119 Å². The molecule has 0 aromatic heterocycles. The number of carbonyl (C=O) groups is 1. The smallest absolute Gasteiger partial charge is 0.203 e. The van der Waals surface area contributed by atoms with Gasteiger partial charge in [0.2, 0.25) is 5.78 Å².